The maximum absolute atomic E-state index is 6.10. The highest BCUT2D eigenvalue weighted by atomic mass is 35.5. The molecule has 2 fully saturated rings. The van der Waals surface area contributed by atoms with Gasteiger partial charge in [-0.15, -0.1) is 0 Å². The first kappa shape index (κ1) is 18.9. The Morgan fingerprint density at radius 1 is 1.19 bits per heavy atom. The molecule has 2 aliphatic rings. The summed E-state index contributed by atoms with van der Waals surface area (Å²) in [4.78, 5) is 5.19. The van der Waals surface area contributed by atoms with Crippen LogP contribution < -0.4 is 0 Å². The highest BCUT2D eigenvalue weighted by Crippen LogP contribution is 2.39. The molecule has 0 aliphatic carbocycles. The van der Waals surface area contributed by atoms with Crippen molar-refractivity contribution >= 4 is 11.6 Å². The van der Waals surface area contributed by atoms with Crippen LogP contribution in [0.2, 0.25) is 5.02 Å². The van der Waals surface area contributed by atoms with E-state index in [4.69, 9.17) is 16.3 Å². The normalized spacial score (nSPS) is 24.1. The van der Waals surface area contributed by atoms with E-state index in [0.717, 1.165) is 30.4 Å². The van der Waals surface area contributed by atoms with Gasteiger partial charge in [0.05, 0.1) is 18.5 Å². The molecular weight excluding hydrogens is 360 g/mol. The summed E-state index contributed by atoms with van der Waals surface area (Å²) in [5.41, 5.74) is 2.74. The third-order valence-corrected chi connectivity index (χ3v) is 6.22. The molecule has 2 aliphatic heterocycles. The van der Waals surface area contributed by atoms with Crippen LogP contribution in [0.15, 0.2) is 36.7 Å². The van der Waals surface area contributed by atoms with Gasteiger partial charge in [-0.25, -0.2) is 4.68 Å². The predicted octanol–water partition coefficient (Wildman–Crippen LogP) is 3.46. The summed E-state index contributed by atoms with van der Waals surface area (Å²) in [7, 11) is 1.79. The molecule has 6 heteroatoms. The maximum atomic E-state index is 6.10. The molecule has 1 spiro atoms. The lowest BCUT2D eigenvalue weighted by Gasteiger charge is -2.40. The van der Waals surface area contributed by atoms with Gasteiger partial charge in [-0.05, 0) is 56.0 Å². The van der Waals surface area contributed by atoms with Gasteiger partial charge in [-0.1, -0.05) is 17.7 Å². The second kappa shape index (κ2) is 8.31. The number of hydrogen-bond acceptors (Lipinski definition) is 4. The number of halogens is 1. The Morgan fingerprint density at radius 2 is 2.07 bits per heavy atom. The van der Waals surface area contributed by atoms with Gasteiger partial charge in [-0.3, -0.25) is 4.90 Å². The fraction of sp³-hybridized carbons (Fsp3) is 0.571. The van der Waals surface area contributed by atoms with Crippen LogP contribution in [0.3, 0.4) is 0 Å². The largest absolute Gasteiger partial charge is 0.383 e. The van der Waals surface area contributed by atoms with Gasteiger partial charge < -0.3 is 9.64 Å². The van der Waals surface area contributed by atoms with Gasteiger partial charge >= 0.3 is 0 Å². The Bertz CT molecular complexity index is 764. The zero-order chi connectivity index (χ0) is 18.7. The Morgan fingerprint density at radius 3 is 2.93 bits per heavy atom. The molecule has 5 nitrogen and oxygen atoms in total. The van der Waals surface area contributed by atoms with Gasteiger partial charge in [0.15, 0.2) is 0 Å². The van der Waals surface area contributed by atoms with Crippen LogP contribution in [0.25, 0.3) is 5.69 Å². The standard InChI is InChI=1S/C21H29ClN4O/c1-27-11-10-24-8-3-6-21(16-24)7-9-25(17-21)14-18-13-23-26(15-18)20-5-2-4-19(22)12-20/h2,4-5,12-13,15H,3,6-11,14,16-17H2,1H3. The van der Waals surface area contributed by atoms with E-state index in [9.17, 15) is 0 Å². The predicted molar refractivity (Wildman–Crippen MR) is 108 cm³/mol. The van der Waals surface area contributed by atoms with E-state index in [0.29, 0.717) is 5.41 Å². The molecule has 0 bridgehead atoms. The minimum atomic E-state index is 0.467. The Kier molecular flexibility index (Phi) is 5.83. The average molecular weight is 389 g/mol. The second-order valence-electron chi connectivity index (χ2n) is 8.11. The Labute approximate surface area is 166 Å². The van der Waals surface area contributed by atoms with Crippen LogP contribution in [-0.2, 0) is 11.3 Å². The molecule has 2 aromatic rings. The lowest BCUT2D eigenvalue weighted by molar-refractivity contribution is 0.0673. The van der Waals surface area contributed by atoms with Crippen molar-refractivity contribution < 1.29 is 4.74 Å². The number of methoxy groups -OCH3 is 1. The van der Waals surface area contributed by atoms with E-state index >= 15 is 0 Å². The number of hydrogen-bond donors (Lipinski definition) is 0. The zero-order valence-electron chi connectivity index (χ0n) is 16.1. The summed E-state index contributed by atoms with van der Waals surface area (Å²) in [6.45, 7) is 7.68. The number of nitrogens with zero attached hydrogens (tertiary/aromatic N) is 4. The lowest BCUT2D eigenvalue weighted by Crippen LogP contribution is -2.45. The van der Waals surface area contributed by atoms with E-state index in [2.05, 4.69) is 21.1 Å². The molecule has 27 heavy (non-hydrogen) atoms. The molecule has 3 heterocycles. The molecule has 0 N–H and O–H groups in total. The molecule has 0 amide bonds. The highest BCUT2D eigenvalue weighted by molar-refractivity contribution is 6.30. The first-order chi connectivity index (χ1) is 13.2. The number of ether oxygens (including phenoxy) is 1. The zero-order valence-corrected chi connectivity index (χ0v) is 16.9. The van der Waals surface area contributed by atoms with Crippen molar-refractivity contribution in [1.82, 2.24) is 19.6 Å². The van der Waals surface area contributed by atoms with Gasteiger partial charge in [0, 0.05) is 50.1 Å². The first-order valence-corrected chi connectivity index (χ1v) is 10.3. The van der Waals surface area contributed by atoms with Crippen molar-refractivity contribution in [3.8, 4) is 5.69 Å². The van der Waals surface area contributed by atoms with Crippen molar-refractivity contribution in [3.05, 3.63) is 47.2 Å². The van der Waals surface area contributed by atoms with E-state index in [1.807, 2.05) is 35.1 Å². The number of likely N-dealkylation sites (tertiary alicyclic amines) is 2. The quantitative estimate of drug-likeness (QED) is 0.758. The summed E-state index contributed by atoms with van der Waals surface area (Å²) in [6.07, 6.45) is 8.08. The minimum Gasteiger partial charge on any atom is -0.383 e. The van der Waals surface area contributed by atoms with Crippen molar-refractivity contribution in [2.75, 3.05) is 46.4 Å². The van der Waals surface area contributed by atoms with Gasteiger partial charge in [-0.2, -0.15) is 5.10 Å². The fourth-order valence-corrected chi connectivity index (χ4v) is 4.86. The van der Waals surface area contributed by atoms with Gasteiger partial charge in [0.25, 0.3) is 0 Å². The molecule has 0 saturated carbocycles. The van der Waals surface area contributed by atoms with Crippen molar-refractivity contribution in [1.29, 1.82) is 0 Å². The summed E-state index contributed by atoms with van der Waals surface area (Å²) in [5.74, 6) is 0. The van der Waals surface area contributed by atoms with Crippen molar-refractivity contribution in [2.24, 2.45) is 5.41 Å². The van der Waals surface area contributed by atoms with Crippen molar-refractivity contribution in [2.45, 2.75) is 25.8 Å². The number of aromatic nitrogens is 2. The molecule has 1 atom stereocenters. The summed E-state index contributed by atoms with van der Waals surface area (Å²) in [6, 6.07) is 7.82. The molecule has 2 saturated heterocycles. The van der Waals surface area contributed by atoms with Crippen LogP contribution in [0, 0.1) is 5.41 Å². The number of rotatable bonds is 6. The second-order valence-corrected chi connectivity index (χ2v) is 8.54. The summed E-state index contributed by atoms with van der Waals surface area (Å²) >= 11 is 6.10. The SMILES string of the molecule is COCCN1CCCC2(CCN(Cc3cnn(-c4cccc(Cl)c4)c3)C2)C1. The highest BCUT2D eigenvalue weighted by Gasteiger charge is 2.41. The van der Waals surface area contributed by atoms with Gasteiger partial charge in [0.2, 0.25) is 0 Å². The molecule has 4 rings (SSSR count). The van der Waals surface area contributed by atoms with E-state index in [1.165, 1.54) is 51.0 Å². The minimum absolute atomic E-state index is 0.467. The Balaban J connectivity index is 1.36. The number of piperidine rings is 1. The maximum Gasteiger partial charge on any atom is 0.0660 e. The van der Waals surface area contributed by atoms with Crippen LogP contribution in [-0.4, -0.2) is 66.0 Å². The topological polar surface area (TPSA) is 33.5 Å². The summed E-state index contributed by atoms with van der Waals surface area (Å²) in [5, 5.41) is 5.27. The van der Waals surface area contributed by atoms with Gasteiger partial charge in [0.1, 0.15) is 0 Å². The monoisotopic (exact) mass is 388 g/mol. The molecule has 1 unspecified atom stereocenters. The average Bonchev–Trinajstić information content (AvgIpc) is 3.28. The fourth-order valence-electron chi connectivity index (χ4n) is 4.68. The molecule has 1 aromatic carbocycles. The molecular formula is C21H29ClN4O. The molecule has 1 aromatic heterocycles. The van der Waals surface area contributed by atoms with Crippen LogP contribution in [0.1, 0.15) is 24.8 Å². The van der Waals surface area contributed by atoms with Crippen LogP contribution in [0.5, 0.6) is 0 Å². The smallest absolute Gasteiger partial charge is 0.0660 e. The van der Waals surface area contributed by atoms with E-state index in [1.54, 1.807) is 7.11 Å². The van der Waals surface area contributed by atoms with Crippen molar-refractivity contribution in [3.63, 3.8) is 0 Å². The van der Waals surface area contributed by atoms with Crippen LogP contribution >= 0.6 is 11.6 Å². The molecule has 0 radical (unpaired) electrons. The van der Waals surface area contributed by atoms with E-state index < -0.39 is 0 Å². The summed E-state index contributed by atoms with van der Waals surface area (Å²) < 4.78 is 7.19. The first-order valence-electron chi connectivity index (χ1n) is 9.89. The van der Waals surface area contributed by atoms with Crippen LogP contribution in [0.4, 0.5) is 0 Å². The lowest BCUT2D eigenvalue weighted by atomic mass is 9.79. The Hall–Kier alpha value is -1.40. The number of benzene rings is 1. The van der Waals surface area contributed by atoms with E-state index in [-0.39, 0.29) is 0 Å². The molecule has 146 valence electrons. The third-order valence-electron chi connectivity index (χ3n) is 5.98. The third kappa shape index (κ3) is 4.54.